The molecule has 0 aliphatic heterocycles. The zero-order chi connectivity index (χ0) is 10.4. The van der Waals surface area contributed by atoms with Crippen molar-refractivity contribution in [2.75, 3.05) is 6.61 Å². The van der Waals surface area contributed by atoms with Crippen LogP contribution >= 0.6 is 0 Å². The molecule has 0 aromatic rings. The van der Waals surface area contributed by atoms with Crippen LogP contribution in [0.15, 0.2) is 0 Å². The maximum Gasteiger partial charge on any atom is 0.236 e. The first-order valence-electron chi connectivity index (χ1n) is 4.65. The number of hydrogen-bond donors (Lipinski definition) is 3. The molecule has 13 heavy (non-hydrogen) atoms. The van der Waals surface area contributed by atoms with Gasteiger partial charge in [0.15, 0.2) is 0 Å². The van der Waals surface area contributed by atoms with Gasteiger partial charge in [0.05, 0.1) is 6.04 Å². The summed E-state index contributed by atoms with van der Waals surface area (Å²) in [6, 6.07) is -0.469. The molecular weight excluding hydrogens is 168 g/mol. The minimum Gasteiger partial charge on any atom is -0.396 e. The molecule has 0 spiro atoms. The minimum absolute atomic E-state index is 0.0171. The second-order valence-electron chi connectivity index (χ2n) is 3.66. The van der Waals surface area contributed by atoms with Crippen LogP contribution in [0, 0.1) is 5.92 Å². The van der Waals surface area contributed by atoms with E-state index in [4.69, 9.17) is 10.8 Å². The third kappa shape index (κ3) is 4.85. The predicted octanol–water partition coefficient (Wildman–Crippen LogP) is -0.143. The van der Waals surface area contributed by atoms with Gasteiger partial charge in [-0.3, -0.25) is 4.79 Å². The van der Waals surface area contributed by atoms with Gasteiger partial charge in [0, 0.05) is 12.6 Å². The fourth-order valence-electron chi connectivity index (χ4n) is 1.03. The van der Waals surface area contributed by atoms with Gasteiger partial charge in [0.1, 0.15) is 0 Å². The van der Waals surface area contributed by atoms with Gasteiger partial charge in [0.25, 0.3) is 0 Å². The van der Waals surface area contributed by atoms with E-state index in [1.54, 1.807) is 6.92 Å². The van der Waals surface area contributed by atoms with Crippen molar-refractivity contribution in [1.82, 2.24) is 5.32 Å². The van der Waals surface area contributed by atoms with E-state index in [1.165, 1.54) is 0 Å². The molecule has 0 aromatic carbocycles. The second kappa shape index (κ2) is 5.94. The lowest BCUT2D eigenvalue weighted by Crippen LogP contribution is -2.46. The zero-order valence-electron chi connectivity index (χ0n) is 8.58. The monoisotopic (exact) mass is 188 g/mol. The Hall–Kier alpha value is -0.610. The summed E-state index contributed by atoms with van der Waals surface area (Å²) in [6.07, 6.45) is 0.579. The molecule has 0 saturated heterocycles. The molecule has 0 heterocycles. The van der Waals surface area contributed by atoms with E-state index in [0.717, 1.165) is 0 Å². The van der Waals surface area contributed by atoms with Gasteiger partial charge >= 0.3 is 0 Å². The van der Waals surface area contributed by atoms with Crippen molar-refractivity contribution in [3.63, 3.8) is 0 Å². The Balaban J connectivity index is 4.02. The average molecular weight is 188 g/mol. The summed E-state index contributed by atoms with van der Waals surface area (Å²) in [5.41, 5.74) is 5.41. The molecule has 0 rings (SSSR count). The quantitative estimate of drug-likeness (QED) is 0.562. The van der Waals surface area contributed by atoms with Crippen molar-refractivity contribution in [1.29, 1.82) is 0 Å². The van der Waals surface area contributed by atoms with Crippen molar-refractivity contribution >= 4 is 5.91 Å². The number of nitrogens with two attached hydrogens (primary N) is 1. The van der Waals surface area contributed by atoms with Crippen LogP contribution in [0.5, 0.6) is 0 Å². The van der Waals surface area contributed by atoms with Crippen LogP contribution in [0.4, 0.5) is 0 Å². The van der Waals surface area contributed by atoms with Gasteiger partial charge in [0.2, 0.25) is 5.91 Å². The first-order valence-corrected chi connectivity index (χ1v) is 4.65. The molecule has 0 bridgehead atoms. The van der Waals surface area contributed by atoms with Gasteiger partial charge in [-0.2, -0.15) is 0 Å². The highest BCUT2D eigenvalue weighted by molar-refractivity contribution is 5.81. The van der Waals surface area contributed by atoms with Gasteiger partial charge < -0.3 is 16.2 Å². The van der Waals surface area contributed by atoms with Gasteiger partial charge in [-0.25, -0.2) is 0 Å². The van der Waals surface area contributed by atoms with Crippen LogP contribution < -0.4 is 11.1 Å². The van der Waals surface area contributed by atoms with Crippen LogP contribution in [0.3, 0.4) is 0 Å². The molecule has 4 N–H and O–H groups in total. The first-order chi connectivity index (χ1) is 5.99. The second-order valence-corrected chi connectivity index (χ2v) is 3.66. The lowest BCUT2D eigenvalue weighted by Gasteiger charge is -2.22. The highest BCUT2D eigenvalue weighted by Crippen LogP contribution is 2.05. The fraction of sp³-hybridized carbons (Fsp3) is 0.889. The molecule has 0 aromatic heterocycles. The van der Waals surface area contributed by atoms with Crippen molar-refractivity contribution in [2.45, 2.75) is 39.3 Å². The molecule has 1 amide bonds. The Kier molecular flexibility index (Phi) is 5.66. The summed E-state index contributed by atoms with van der Waals surface area (Å²) >= 11 is 0. The van der Waals surface area contributed by atoms with Crippen LogP contribution in [-0.2, 0) is 4.79 Å². The number of hydrogen-bond acceptors (Lipinski definition) is 3. The lowest BCUT2D eigenvalue weighted by atomic mass is 10.0. The topological polar surface area (TPSA) is 75.3 Å². The van der Waals surface area contributed by atoms with E-state index in [-0.39, 0.29) is 18.6 Å². The normalized spacial score (nSPS) is 15.5. The Morgan fingerprint density at radius 2 is 2.00 bits per heavy atom. The van der Waals surface area contributed by atoms with Crippen LogP contribution in [0.25, 0.3) is 0 Å². The van der Waals surface area contributed by atoms with E-state index in [1.807, 2.05) is 13.8 Å². The molecule has 0 radical (unpaired) electrons. The standard InChI is InChI=1S/C9H20N2O2/c1-6(2)8(4-5-12)11-9(13)7(3)10/h6-8,12H,4-5,10H2,1-3H3,(H,11,13)/t7-,8?/m1/s1. The molecule has 78 valence electrons. The summed E-state index contributed by atoms with van der Waals surface area (Å²) in [4.78, 5) is 11.2. The van der Waals surface area contributed by atoms with E-state index < -0.39 is 6.04 Å². The van der Waals surface area contributed by atoms with E-state index in [0.29, 0.717) is 12.3 Å². The molecule has 0 saturated carbocycles. The van der Waals surface area contributed by atoms with Crippen LogP contribution in [0.1, 0.15) is 27.2 Å². The van der Waals surface area contributed by atoms with Crippen LogP contribution in [-0.4, -0.2) is 29.7 Å². The fourth-order valence-corrected chi connectivity index (χ4v) is 1.03. The summed E-state index contributed by atoms with van der Waals surface area (Å²) in [5, 5.41) is 11.5. The molecule has 0 aliphatic rings. The number of aliphatic hydroxyl groups is 1. The smallest absolute Gasteiger partial charge is 0.236 e. The van der Waals surface area contributed by atoms with Crippen molar-refractivity contribution in [2.24, 2.45) is 11.7 Å². The Morgan fingerprint density at radius 1 is 1.46 bits per heavy atom. The van der Waals surface area contributed by atoms with Crippen molar-refractivity contribution in [3.05, 3.63) is 0 Å². The molecular formula is C9H20N2O2. The average Bonchev–Trinajstić information content (AvgIpc) is 2.03. The maximum absolute atomic E-state index is 11.2. The number of aliphatic hydroxyl groups excluding tert-OH is 1. The predicted molar refractivity (Wildman–Crippen MR) is 52.1 cm³/mol. The molecule has 1 unspecified atom stereocenters. The third-order valence-corrected chi connectivity index (χ3v) is 1.99. The van der Waals surface area contributed by atoms with Gasteiger partial charge in [-0.1, -0.05) is 13.8 Å². The maximum atomic E-state index is 11.2. The third-order valence-electron chi connectivity index (χ3n) is 1.99. The largest absolute Gasteiger partial charge is 0.396 e. The number of carbonyl (C=O) groups excluding carboxylic acids is 1. The van der Waals surface area contributed by atoms with E-state index >= 15 is 0 Å². The summed E-state index contributed by atoms with van der Waals surface area (Å²) < 4.78 is 0. The molecule has 2 atom stereocenters. The molecule has 4 heteroatoms. The molecule has 0 aliphatic carbocycles. The van der Waals surface area contributed by atoms with Crippen LogP contribution in [0.2, 0.25) is 0 Å². The summed E-state index contributed by atoms with van der Waals surface area (Å²) in [5.74, 6) is 0.155. The summed E-state index contributed by atoms with van der Waals surface area (Å²) in [6.45, 7) is 5.73. The number of nitrogens with one attached hydrogen (secondary N) is 1. The van der Waals surface area contributed by atoms with E-state index in [2.05, 4.69) is 5.32 Å². The number of rotatable bonds is 5. The Bertz CT molecular complexity index is 158. The van der Waals surface area contributed by atoms with Gasteiger partial charge in [-0.15, -0.1) is 0 Å². The highest BCUT2D eigenvalue weighted by atomic mass is 16.3. The van der Waals surface area contributed by atoms with Crippen molar-refractivity contribution in [3.8, 4) is 0 Å². The highest BCUT2D eigenvalue weighted by Gasteiger charge is 2.17. The lowest BCUT2D eigenvalue weighted by molar-refractivity contribution is -0.123. The Morgan fingerprint density at radius 3 is 2.31 bits per heavy atom. The first kappa shape index (κ1) is 12.4. The number of amides is 1. The number of carbonyl (C=O) groups is 1. The zero-order valence-corrected chi connectivity index (χ0v) is 8.58. The minimum atomic E-state index is -0.486. The molecule has 4 nitrogen and oxygen atoms in total. The molecule has 0 fully saturated rings. The SMILES string of the molecule is CC(C)C(CCO)NC(=O)[C@@H](C)N. The van der Waals surface area contributed by atoms with E-state index in [9.17, 15) is 4.79 Å². The van der Waals surface area contributed by atoms with Crippen molar-refractivity contribution < 1.29 is 9.90 Å². The Labute approximate surface area is 79.5 Å². The summed E-state index contributed by atoms with van der Waals surface area (Å²) in [7, 11) is 0. The van der Waals surface area contributed by atoms with Gasteiger partial charge in [-0.05, 0) is 19.3 Å².